The summed E-state index contributed by atoms with van der Waals surface area (Å²) in [6.45, 7) is -0.221. The van der Waals surface area contributed by atoms with E-state index in [2.05, 4.69) is 26.0 Å². The van der Waals surface area contributed by atoms with Crippen molar-refractivity contribution in [2.75, 3.05) is 19.4 Å². The molecule has 0 radical (unpaired) electrons. The Bertz CT molecular complexity index is 464. The molecule has 7 heteroatoms. The Hall–Kier alpha value is -1.60. The van der Waals surface area contributed by atoms with Crippen LogP contribution < -0.4 is 11.1 Å². The number of hydrogen-bond acceptors (Lipinski definition) is 5. The van der Waals surface area contributed by atoms with Crippen LogP contribution in [-0.2, 0) is 9.53 Å². The van der Waals surface area contributed by atoms with Crippen molar-refractivity contribution in [3.05, 3.63) is 28.2 Å². The topological polar surface area (TPSA) is 102 Å². The van der Waals surface area contributed by atoms with Crippen LogP contribution in [0.4, 0.5) is 5.69 Å². The summed E-state index contributed by atoms with van der Waals surface area (Å²) >= 11 is 3.21. The third-order valence-corrected chi connectivity index (χ3v) is 2.91. The van der Waals surface area contributed by atoms with E-state index in [4.69, 9.17) is 5.73 Å². The number of nitrogens with one attached hydrogen (secondary N) is 1. The largest absolute Gasteiger partial charge is 0.467 e. The van der Waals surface area contributed by atoms with Crippen molar-refractivity contribution >= 4 is 33.5 Å². The van der Waals surface area contributed by atoms with Crippen molar-refractivity contribution in [2.24, 2.45) is 0 Å². The number of halogens is 1. The Labute approximate surface area is 112 Å². The number of ether oxygens (including phenoxy) is 1. The normalized spacial score (nSPS) is 11.7. The number of nitrogens with two attached hydrogens (primary N) is 1. The third-order valence-electron chi connectivity index (χ3n) is 2.19. The summed E-state index contributed by atoms with van der Waals surface area (Å²) in [5.41, 5.74) is 6.40. The first kappa shape index (κ1) is 14.5. The molecular weight excluding hydrogens is 304 g/mol. The van der Waals surface area contributed by atoms with Crippen LogP contribution in [0.1, 0.15) is 10.4 Å². The second-order valence-corrected chi connectivity index (χ2v) is 4.34. The van der Waals surface area contributed by atoms with Gasteiger partial charge in [0.15, 0.2) is 6.10 Å². The van der Waals surface area contributed by atoms with E-state index in [0.29, 0.717) is 15.7 Å². The Morgan fingerprint density at radius 3 is 2.78 bits per heavy atom. The standard InChI is InChI=1S/C11H13BrN2O4/c1-18-11(17)9(15)5-14-10(16)6-2-3-7(12)8(13)4-6/h2-4,9,15H,5,13H2,1H3,(H,14,16). The number of amides is 1. The van der Waals surface area contributed by atoms with Gasteiger partial charge in [-0.2, -0.15) is 0 Å². The van der Waals surface area contributed by atoms with Gasteiger partial charge in [0.1, 0.15) is 0 Å². The highest BCUT2D eigenvalue weighted by atomic mass is 79.9. The smallest absolute Gasteiger partial charge is 0.336 e. The first-order valence-corrected chi connectivity index (χ1v) is 5.84. The number of carbonyl (C=O) groups is 2. The molecule has 1 amide bonds. The minimum atomic E-state index is -1.38. The Balaban J connectivity index is 2.60. The van der Waals surface area contributed by atoms with E-state index in [1.165, 1.54) is 6.07 Å². The van der Waals surface area contributed by atoms with Crippen molar-refractivity contribution in [3.63, 3.8) is 0 Å². The average molecular weight is 317 g/mol. The number of methoxy groups -OCH3 is 1. The van der Waals surface area contributed by atoms with E-state index in [0.717, 1.165) is 7.11 Å². The lowest BCUT2D eigenvalue weighted by Gasteiger charge is -2.10. The number of hydrogen-bond donors (Lipinski definition) is 3. The van der Waals surface area contributed by atoms with Crippen molar-refractivity contribution in [1.82, 2.24) is 5.32 Å². The number of rotatable bonds is 4. The van der Waals surface area contributed by atoms with Crippen molar-refractivity contribution < 1.29 is 19.4 Å². The quantitative estimate of drug-likeness (QED) is 0.547. The SMILES string of the molecule is COC(=O)C(O)CNC(=O)c1ccc(Br)c(N)c1. The van der Waals surface area contributed by atoms with Gasteiger partial charge in [-0.25, -0.2) is 4.79 Å². The fourth-order valence-corrected chi connectivity index (χ4v) is 1.44. The minimum Gasteiger partial charge on any atom is -0.467 e. The molecule has 0 bridgehead atoms. The van der Waals surface area contributed by atoms with Crippen molar-refractivity contribution in [1.29, 1.82) is 0 Å². The Kier molecular flexibility index (Phi) is 5.11. The summed E-state index contributed by atoms with van der Waals surface area (Å²) in [4.78, 5) is 22.6. The summed E-state index contributed by atoms with van der Waals surface area (Å²) in [5, 5.41) is 11.7. The predicted octanol–water partition coefficient (Wildman–Crippen LogP) is 0.295. The first-order chi connectivity index (χ1) is 8.45. The van der Waals surface area contributed by atoms with Gasteiger partial charge in [-0.3, -0.25) is 4.79 Å². The predicted molar refractivity (Wildman–Crippen MR) is 68.9 cm³/mol. The van der Waals surface area contributed by atoms with Crippen LogP contribution in [-0.4, -0.2) is 36.7 Å². The van der Waals surface area contributed by atoms with E-state index < -0.39 is 18.0 Å². The first-order valence-electron chi connectivity index (χ1n) is 5.04. The van der Waals surface area contributed by atoms with Crippen molar-refractivity contribution in [2.45, 2.75) is 6.10 Å². The van der Waals surface area contributed by atoms with Gasteiger partial charge in [-0.05, 0) is 34.1 Å². The molecule has 1 rings (SSSR count). The van der Waals surface area contributed by atoms with Gasteiger partial charge in [0.05, 0.1) is 13.7 Å². The van der Waals surface area contributed by atoms with Gasteiger partial charge in [0.2, 0.25) is 0 Å². The maximum Gasteiger partial charge on any atom is 0.336 e. The molecule has 18 heavy (non-hydrogen) atoms. The molecule has 0 fully saturated rings. The zero-order valence-corrected chi connectivity index (χ0v) is 11.2. The molecule has 98 valence electrons. The van der Waals surface area contributed by atoms with Crippen molar-refractivity contribution in [3.8, 4) is 0 Å². The molecule has 0 saturated carbocycles. The van der Waals surface area contributed by atoms with E-state index in [1.54, 1.807) is 12.1 Å². The van der Waals surface area contributed by atoms with Crippen LogP contribution in [0.3, 0.4) is 0 Å². The lowest BCUT2D eigenvalue weighted by Crippen LogP contribution is -2.37. The van der Waals surface area contributed by atoms with E-state index in [9.17, 15) is 14.7 Å². The molecule has 0 saturated heterocycles. The maximum atomic E-state index is 11.7. The van der Waals surface area contributed by atoms with E-state index in [1.807, 2.05) is 0 Å². The van der Waals surface area contributed by atoms with Crippen LogP contribution >= 0.6 is 15.9 Å². The molecule has 1 atom stereocenters. The number of nitrogen functional groups attached to an aromatic ring is 1. The Morgan fingerprint density at radius 1 is 1.56 bits per heavy atom. The zero-order valence-electron chi connectivity index (χ0n) is 9.64. The minimum absolute atomic E-state index is 0.221. The van der Waals surface area contributed by atoms with Crippen LogP contribution in [0, 0.1) is 0 Å². The number of anilines is 1. The van der Waals surface area contributed by atoms with Gasteiger partial charge in [0.25, 0.3) is 5.91 Å². The zero-order chi connectivity index (χ0) is 13.7. The second kappa shape index (κ2) is 6.36. The maximum absolute atomic E-state index is 11.7. The van der Waals surface area contributed by atoms with Gasteiger partial charge < -0.3 is 20.9 Å². The molecule has 0 aliphatic rings. The van der Waals surface area contributed by atoms with Crippen LogP contribution in [0.15, 0.2) is 22.7 Å². The highest BCUT2D eigenvalue weighted by Crippen LogP contribution is 2.20. The van der Waals surface area contributed by atoms with Crippen LogP contribution in [0.2, 0.25) is 0 Å². The molecule has 0 aliphatic carbocycles. The van der Waals surface area contributed by atoms with Crippen LogP contribution in [0.25, 0.3) is 0 Å². The van der Waals surface area contributed by atoms with Gasteiger partial charge in [-0.1, -0.05) is 0 Å². The molecule has 0 aliphatic heterocycles. The molecule has 4 N–H and O–H groups in total. The fourth-order valence-electron chi connectivity index (χ4n) is 1.20. The monoisotopic (exact) mass is 316 g/mol. The highest BCUT2D eigenvalue weighted by molar-refractivity contribution is 9.10. The Morgan fingerprint density at radius 2 is 2.22 bits per heavy atom. The molecule has 1 aromatic carbocycles. The lowest BCUT2D eigenvalue weighted by molar-refractivity contribution is -0.149. The summed E-state index contributed by atoms with van der Waals surface area (Å²) in [5.74, 6) is -1.23. The van der Waals surface area contributed by atoms with E-state index >= 15 is 0 Å². The summed E-state index contributed by atoms with van der Waals surface area (Å²) < 4.78 is 5.01. The van der Waals surface area contributed by atoms with Gasteiger partial charge >= 0.3 is 5.97 Å². The fraction of sp³-hybridized carbons (Fsp3) is 0.273. The molecule has 1 aromatic rings. The van der Waals surface area contributed by atoms with E-state index in [-0.39, 0.29) is 6.54 Å². The summed E-state index contributed by atoms with van der Waals surface area (Å²) in [7, 11) is 1.16. The molecule has 0 aromatic heterocycles. The summed E-state index contributed by atoms with van der Waals surface area (Å²) in [6.07, 6.45) is -1.38. The van der Waals surface area contributed by atoms with Gasteiger partial charge in [-0.15, -0.1) is 0 Å². The molecule has 0 heterocycles. The number of carbonyl (C=O) groups excluding carboxylic acids is 2. The number of benzene rings is 1. The average Bonchev–Trinajstić information content (AvgIpc) is 2.37. The number of esters is 1. The van der Waals surface area contributed by atoms with Crippen LogP contribution in [0.5, 0.6) is 0 Å². The number of aliphatic hydroxyl groups is 1. The molecular formula is C11H13BrN2O4. The highest BCUT2D eigenvalue weighted by Gasteiger charge is 2.16. The molecule has 6 nitrogen and oxygen atoms in total. The lowest BCUT2D eigenvalue weighted by atomic mass is 10.2. The molecule has 1 unspecified atom stereocenters. The van der Waals surface area contributed by atoms with Gasteiger partial charge in [0, 0.05) is 15.7 Å². The molecule has 0 spiro atoms. The third kappa shape index (κ3) is 3.71. The number of aliphatic hydroxyl groups excluding tert-OH is 1. The summed E-state index contributed by atoms with van der Waals surface area (Å²) in [6, 6.07) is 4.70. The second-order valence-electron chi connectivity index (χ2n) is 3.49.